The number of β-amino-alcohol motifs (C(OH)–C–C–N with tert-alkyl or cyclic N) is 1. The summed E-state index contributed by atoms with van der Waals surface area (Å²) in [6, 6.07) is -0.00379. The van der Waals surface area contributed by atoms with Gasteiger partial charge in [0.2, 0.25) is 0 Å². The first kappa shape index (κ1) is 15.7. The Labute approximate surface area is 106 Å². The molecule has 0 spiro atoms. The van der Waals surface area contributed by atoms with Crippen LogP contribution in [0.1, 0.15) is 33.6 Å². The van der Waals surface area contributed by atoms with Crippen molar-refractivity contribution < 1.29 is 18.3 Å². The quantitative estimate of drug-likeness (QED) is 0.770. The molecule has 3 nitrogen and oxygen atoms in total. The topological polar surface area (TPSA) is 35.5 Å². The molecular formula is C12H23F3N2O. The third kappa shape index (κ3) is 7.18. The van der Waals surface area contributed by atoms with E-state index in [1.165, 1.54) is 4.90 Å². The van der Waals surface area contributed by atoms with E-state index in [9.17, 15) is 18.3 Å². The fraction of sp³-hybridized carbons (Fsp3) is 1.00. The van der Waals surface area contributed by atoms with E-state index in [4.69, 9.17) is 0 Å². The Bertz CT molecular complexity index is 259. The van der Waals surface area contributed by atoms with Crippen LogP contribution in [0.15, 0.2) is 0 Å². The van der Waals surface area contributed by atoms with Gasteiger partial charge >= 0.3 is 6.18 Å². The Morgan fingerprint density at radius 2 is 1.83 bits per heavy atom. The average molecular weight is 268 g/mol. The van der Waals surface area contributed by atoms with Gasteiger partial charge in [0.15, 0.2) is 0 Å². The van der Waals surface area contributed by atoms with Crippen LogP contribution < -0.4 is 5.32 Å². The minimum atomic E-state index is -4.19. The molecule has 0 bridgehead atoms. The van der Waals surface area contributed by atoms with Crippen molar-refractivity contribution in [2.45, 2.75) is 57.5 Å². The smallest absolute Gasteiger partial charge is 0.390 e. The largest absolute Gasteiger partial charge is 0.401 e. The van der Waals surface area contributed by atoms with Crippen molar-refractivity contribution in [3.63, 3.8) is 0 Å². The maximum absolute atomic E-state index is 12.4. The zero-order valence-corrected chi connectivity index (χ0v) is 11.2. The van der Waals surface area contributed by atoms with E-state index < -0.39 is 18.8 Å². The van der Waals surface area contributed by atoms with E-state index in [1.54, 1.807) is 0 Å². The SMILES string of the molecule is CC(C)(C)NCC(O)CN(CC(F)(F)F)C1CC1. The lowest BCUT2D eigenvalue weighted by atomic mass is 10.1. The van der Waals surface area contributed by atoms with Crippen LogP contribution >= 0.6 is 0 Å². The highest BCUT2D eigenvalue weighted by Gasteiger charge is 2.38. The summed E-state index contributed by atoms with van der Waals surface area (Å²) in [4.78, 5) is 1.34. The molecule has 1 aliphatic carbocycles. The number of alkyl halides is 3. The summed E-state index contributed by atoms with van der Waals surface area (Å²) in [6.45, 7) is 5.32. The molecule has 6 heteroatoms. The fourth-order valence-corrected chi connectivity index (χ4v) is 1.77. The monoisotopic (exact) mass is 268 g/mol. The third-order valence-corrected chi connectivity index (χ3v) is 2.76. The molecule has 1 aliphatic rings. The van der Waals surface area contributed by atoms with E-state index in [1.807, 2.05) is 20.8 Å². The number of hydrogen-bond donors (Lipinski definition) is 2. The van der Waals surface area contributed by atoms with E-state index in [2.05, 4.69) is 5.32 Å². The first-order valence-electron chi connectivity index (χ1n) is 6.31. The molecule has 108 valence electrons. The van der Waals surface area contributed by atoms with Gasteiger partial charge in [-0.15, -0.1) is 0 Å². The van der Waals surface area contributed by atoms with Gasteiger partial charge < -0.3 is 10.4 Å². The van der Waals surface area contributed by atoms with Crippen molar-refractivity contribution in [2.75, 3.05) is 19.6 Å². The average Bonchev–Trinajstić information content (AvgIpc) is 2.93. The Kier molecular flexibility index (Phi) is 5.03. The summed E-state index contributed by atoms with van der Waals surface area (Å²) in [7, 11) is 0. The predicted molar refractivity (Wildman–Crippen MR) is 64.4 cm³/mol. The number of aliphatic hydroxyl groups is 1. The Balaban J connectivity index is 2.36. The van der Waals surface area contributed by atoms with Gasteiger partial charge in [-0.1, -0.05) is 0 Å². The first-order chi connectivity index (χ1) is 8.07. The van der Waals surface area contributed by atoms with Crippen LogP contribution in [0.5, 0.6) is 0 Å². The van der Waals surface area contributed by atoms with Gasteiger partial charge in [-0.25, -0.2) is 0 Å². The van der Waals surface area contributed by atoms with Crippen molar-refractivity contribution in [1.82, 2.24) is 10.2 Å². The molecule has 0 saturated heterocycles. The summed E-state index contributed by atoms with van der Waals surface area (Å²) in [5, 5.41) is 12.9. The number of nitrogens with zero attached hydrogens (tertiary/aromatic N) is 1. The van der Waals surface area contributed by atoms with E-state index >= 15 is 0 Å². The van der Waals surface area contributed by atoms with Gasteiger partial charge in [0.1, 0.15) is 0 Å². The van der Waals surface area contributed by atoms with Crippen molar-refractivity contribution in [3.8, 4) is 0 Å². The highest BCUT2D eigenvalue weighted by molar-refractivity contribution is 4.87. The molecule has 0 aromatic rings. The van der Waals surface area contributed by atoms with Gasteiger partial charge in [-0.05, 0) is 33.6 Å². The Hall–Kier alpha value is -0.330. The normalized spacial score (nSPS) is 19.3. The van der Waals surface area contributed by atoms with Gasteiger partial charge in [0.05, 0.1) is 12.6 Å². The summed E-state index contributed by atoms with van der Waals surface area (Å²) >= 11 is 0. The van der Waals surface area contributed by atoms with Crippen LogP contribution in [0.25, 0.3) is 0 Å². The van der Waals surface area contributed by atoms with Gasteiger partial charge in [-0.3, -0.25) is 4.90 Å². The van der Waals surface area contributed by atoms with Crippen molar-refractivity contribution in [1.29, 1.82) is 0 Å². The second kappa shape index (κ2) is 5.75. The molecule has 1 fully saturated rings. The predicted octanol–water partition coefficient (Wildman–Crippen LogP) is 1.76. The molecule has 1 saturated carbocycles. The van der Waals surface area contributed by atoms with E-state index in [0.717, 1.165) is 12.8 Å². The number of nitrogens with one attached hydrogen (secondary N) is 1. The molecule has 0 heterocycles. The van der Waals surface area contributed by atoms with Gasteiger partial charge in [0, 0.05) is 24.7 Å². The second-order valence-electron chi connectivity index (χ2n) is 6.06. The molecule has 0 aromatic heterocycles. The van der Waals surface area contributed by atoms with Crippen LogP contribution in [0.4, 0.5) is 13.2 Å². The van der Waals surface area contributed by atoms with Gasteiger partial charge in [0.25, 0.3) is 0 Å². The molecule has 1 rings (SSSR count). The number of hydrogen-bond acceptors (Lipinski definition) is 3. The van der Waals surface area contributed by atoms with Crippen molar-refractivity contribution in [3.05, 3.63) is 0 Å². The third-order valence-electron chi connectivity index (χ3n) is 2.76. The number of halogens is 3. The Morgan fingerprint density at radius 1 is 1.28 bits per heavy atom. The van der Waals surface area contributed by atoms with Crippen molar-refractivity contribution in [2.24, 2.45) is 0 Å². The van der Waals surface area contributed by atoms with E-state index in [-0.39, 0.29) is 18.1 Å². The van der Waals surface area contributed by atoms with E-state index in [0.29, 0.717) is 6.54 Å². The summed E-state index contributed by atoms with van der Waals surface area (Å²) in [5.41, 5.74) is -0.143. The van der Waals surface area contributed by atoms with Gasteiger partial charge in [-0.2, -0.15) is 13.2 Å². The molecular weight excluding hydrogens is 245 g/mol. The minimum Gasteiger partial charge on any atom is -0.390 e. The van der Waals surface area contributed by atoms with Crippen LogP contribution in [0.3, 0.4) is 0 Å². The summed E-state index contributed by atoms with van der Waals surface area (Å²) < 4.78 is 37.1. The number of rotatable bonds is 6. The zero-order chi connectivity index (χ0) is 14.0. The molecule has 1 unspecified atom stereocenters. The lowest BCUT2D eigenvalue weighted by Crippen LogP contribution is -2.47. The van der Waals surface area contributed by atoms with Crippen LogP contribution in [0, 0.1) is 0 Å². The Morgan fingerprint density at radius 3 is 2.22 bits per heavy atom. The second-order valence-corrected chi connectivity index (χ2v) is 6.06. The minimum absolute atomic E-state index is 0.00379. The lowest BCUT2D eigenvalue weighted by Gasteiger charge is -2.28. The fourth-order valence-electron chi connectivity index (χ4n) is 1.77. The summed E-state index contributed by atoms with van der Waals surface area (Å²) in [5.74, 6) is 0. The molecule has 1 atom stereocenters. The molecule has 0 aliphatic heterocycles. The maximum Gasteiger partial charge on any atom is 0.401 e. The molecule has 2 N–H and O–H groups in total. The standard InChI is InChI=1S/C12H23F3N2O/c1-11(2,3)16-6-10(18)7-17(9-4-5-9)8-12(13,14)15/h9-10,16,18H,4-8H2,1-3H3. The van der Waals surface area contributed by atoms with Crippen LogP contribution in [-0.2, 0) is 0 Å². The molecule has 0 amide bonds. The van der Waals surface area contributed by atoms with Crippen molar-refractivity contribution >= 4 is 0 Å². The highest BCUT2D eigenvalue weighted by atomic mass is 19.4. The highest BCUT2D eigenvalue weighted by Crippen LogP contribution is 2.30. The van der Waals surface area contributed by atoms with Crippen LogP contribution in [-0.4, -0.2) is 53.5 Å². The first-order valence-corrected chi connectivity index (χ1v) is 6.31. The summed E-state index contributed by atoms with van der Waals surface area (Å²) in [6.07, 6.45) is -3.36. The van der Waals surface area contributed by atoms with Crippen LogP contribution in [0.2, 0.25) is 0 Å². The zero-order valence-electron chi connectivity index (χ0n) is 11.2. The molecule has 0 aromatic carbocycles. The molecule has 0 radical (unpaired) electrons. The molecule has 18 heavy (non-hydrogen) atoms. The lowest BCUT2D eigenvalue weighted by molar-refractivity contribution is -0.149. The number of aliphatic hydroxyl groups excluding tert-OH is 1. The maximum atomic E-state index is 12.4.